The van der Waals surface area contributed by atoms with Crippen LogP contribution in [-0.4, -0.2) is 25.1 Å². The SMILES string of the molecule is [C-]#[N+]c1cccc(CN2C(=O)c3cccc(NS(=O)(=O)c4ccc(F)cc4)c3C2=O)c1. The summed E-state index contributed by atoms with van der Waals surface area (Å²) in [5, 5.41) is 0. The molecule has 0 bridgehead atoms. The minimum Gasteiger partial charge on any atom is -0.279 e. The van der Waals surface area contributed by atoms with Gasteiger partial charge in [-0.2, -0.15) is 0 Å². The second kappa shape index (κ2) is 7.66. The lowest BCUT2D eigenvalue weighted by Gasteiger charge is -2.14. The van der Waals surface area contributed by atoms with Crippen molar-refractivity contribution in [3.05, 3.63) is 101 Å². The zero-order chi connectivity index (χ0) is 22.2. The number of imide groups is 1. The van der Waals surface area contributed by atoms with Gasteiger partial charge in [0.1, 0.15) is 5.82 Å². The van der Waals surface area contributed by atoms with Crippen LogP contribution in [-0.2, 0) is 16.6 Å². The van der Waals surface area contributed by atoms with Crippen LogP contribution >= 0.6 is 0 Å². The topological polar surface area (TPSA) is 87.9 Å². The van der Waals surface area contributed by atoms with Crippen LogP contribution in [0, 0.1) is 12.4 Å². The summed E-state index contributed by atoms with van der Waals surface area (Å²) in [4.78, 5) is 30.0. The lowest BCUT2D eigenvalue weighted by atomic mass is 10.1. The van der Waals surface area contributed by atoms with Gasteiger partial charge in [0, 0.05) is 0 Å². The van der Waals surface area contributed by atoms with Crippen molar-refractivity contribution in [3.8, 4) is 0 Å². The molecule has 0 aromatic heterocycles. The average Bonchev–Trinajstić information content (AvgIpc) is 2.99. The van der Waals surface area contributed by atoms with Gasteiger partial charge >= 0.3 is 0 Å². The first-order valence-corrected chi connectivity index (χ1v) is 10.5. The molecule has 2 amide bonds. The molecule has 3 aromatic carbocycles. The molecule has 31 heavy (non-hydrogen) atoms. The van der Waals surface area contributed by atoms with E-state index in [4.69, 9.17) is 6.57 Å². The minimum absolute atomic E-state index is 0.0439. The van der Waals surface area contributed by atoms with Crippen molar-refractivity contribution in [2.45, 2.75) is 11.4 Å². The molecule has 0 fully saturated rings. The minimum atomic E-state index is -4.11. The Morgan fingerprint density at radius 2 is 1.68 bits per heavy atom. The van der Waals surface area contributed by atoms with Crippen LogP contribution in [0.3, 0.4) is 0 Å². The van der Waals surface area contributed by atoms with Gasteiger partial charge in [-0.05, 0) is 42.0 Å². The lowest BCUT2D eigenvalue weighted by molar-refractivity contribution is 0.0642. The molecule has 1 aliphatic rings. The van der Waals surface area contributed by atoms with E-state index in [1.165, 1.54) is 18.2 Å². The Balaban J connectivity index is 1.66. The summed E-state index contributed by atoms with van der Waals surface area (Å²) in [7, 11) is -4.11. The Hall–Kier alpha value is -4.03. The third kappa shape index (κ3) is 3.76. The number of carbonyl (C=O) groups excluding carboxylic acids is 2. The zero-order valence-electron chi connectivity index (χ0n) is 15.9. The molecule has 154 valence electrons. The summed E-state index contributed by atoms with van der Waals surface area (Å²) in [6.07, 6.45) is 0. The summed E-state index contributed by atoms with van der Waals surface area (Å²) >= 11 is 0. The number of anilines is 1. The second-order valence-electron chi connectivity index (χ2n) is 6.77. The molecular formula is C22H14FN3O4S. The first kappa shape index (κ1) is 20.3. The van der Waals surface area contributed by atoms with Crippen LogP contribution in [0.4, 0.5) is 15.8 Å². The Morgan fingerprint density at radius 1 is 0.968 bits per heavy atom. The monoisotopic (exact) mass is 435 g/mol. The van der Waals surface area contributed by atoms with Crippen LogP contribution in [0.25, 0.3) is 4.85 Å². The molecule has 9 heteroatoms. The first-order chi connectivity index (χ1) is 14.8. The average molecular weight is 435 g/mol. The predicted molar refractivity (Wildman–Crippen MR) is 111 cm³/mol. The van der Waals surface area contributed by atoms with Crippen molar-refractivity contribution < 1.29 is 22.4 Å². The van der Waals surface area contributed by atoms with Gasteiger partial charge in [-0.15, -0.1) is 0 Å². The number of halogens is 1. The number of benzene rings is 3. The van der Waals surface area contributed by atoms with E-state index >= 15 is 0 Å². The van der Waals surface area contributed by atoms with E-state index in [0.29, 0.717) is 11.3 Å². The van der Waals surface area contributed by atoms with Crippen LogP contribution < -0.4 is 4.72 Å². The molecular weight excluding hydrogens is 421 g/mol. The van der Waals surface area contributed by atoms with Crippen LogP contribution in [0.2, 0.25) is 0 Å². The smallest absolute Gasteiger partial charge is 0.264 e. The number of amides is 2. The van der Waals surface area contributed by atoms with Crippen LogP contribution in [0.1, 0.15) is 26.3 Å². The van der Waals surface area contributed by atoms with Gasteiger partial charge in [0.2, 0.25) is 0 Å². The largest absolute Gasteiger partial charge is 0.279 e. The third-order valence-electron chi connectivity index (χ3n) is 4.75. The molecule has 7 nitrogen and oxygen atoms in total. The van der Waals surface area contributed by atoms with Gasteiger partial charge in [-0.25, -0.2) is 17.7 Å². The number of rotatable bonds is 5. The van der Waals surface area contributed by atoms with Crippen LogP contribution in [0.5, 0.6) is 0 Å². The van der Waals surface area contributed by atoms with E-state index in [2.05, 4.69) is 9.57 Å². The van der Waals surface area contributed by atoms with E-state index in [-0.39, 0.29) is 28.3 Å². The van der Waals surface area contributed by atoms with E-state index in [0.717, 1.165) is 29.2 Å². The van der Waals surface area contributed by atoms with Crippen molar-refractivity contribution in [1.82, 2.24) is 4.90 Å². The molecule has 1 N–H and O–H groups in total. The normalized spacial score (nSPS) is 13.1. The van der Waals surface area contributed by atoms with Crippen molar-refractivity contribution in [3.63, 3.8) is 0 Å². The maximum atomic E-state index is 13.1. The Morgan fingerprint density at radius 3 is 2.39 bits per heavy atom. The molecule has 0 radical (unpaired) electrons. The molecule has 0 atom stereocenters. The summed E-state index contributed by atoms with van der Waals surface area (Å²) in [6.45, 7) is 7.04. The fourth-order valence-corrected chi connectivity index (χ4v) is 4.36. The molecule has 3 aromatic rings. The molecule has 0 spiro atoms. The zero-order valence-corrected chi connectivity index (χ0v) is 16.7. The maximum absolute atomic E-state index is 13.1. The highest BCUT2D eigenvalue weighted by molar-refractivity contribution is 7.92. The van der Waals surface area contributed by atoms with Gasteiger partial charge in [-0.3, -0.25) is 19.2 Å². The molecule has 0 aliphatic carbocycles. The quantitative estimate of drug-likeness (QED) is 0.485. The van der Waals surface area contributed by atoms with Gasteiger partial charge in [0.05, 0.1) is 34.8 Å². The molecule has 0 unspecified atom stereocenters. The Labute approximate surface area is 177 Å². The van der Waals surface area contributed by atoms with E-state index in [9.17, 15) is 22.4 Å². The highest BCUT2D eigenvalue weighted by atomic mass is 32.2. The number of hydrogen-bond acceptors (Lipinski definition) is 4. The van der Waals surface area contributed by atoms with E-state index < -0.39 is 27.7 Å². The molecule has 1 aliphatic heterocycles. The fraction of sp³-hybridized carbons (Fsp3) is 0.0455. The number of carbonyl (C=O) groups is 2. The van der Waals surface area contributed by atoms with Crippen molar-refractivity contribution in [1.29, 1.82) is 0 Å². The van der Waals surface area contributed by atoms with Gasteiger partial charge in [0.25, 0.3) is 21.8 Å². The number of nitrogens with one attached hydrogen (secondary N) is 1. The van der Waals surface area contributed by atoms with Crippen molar-refractivity contribution in [2.24, 2.45) is 0 Å². The van der Waals surface area contributed by atoms with Crippen molar-refractivity contribution >= 4 is 33.2 Å². The highest BCUT2D eigenvalue weighted by Crippen LogP contribution is 2.32. The predicted octanol–water partition coefficient (Wildman–Crippen LogP) is 3.97. The number of sulfonamides is 1. The van der Waals surface area contributed by atoms with Gasteiger partial charge in [-0.1, -0.05) is 30.3 Å². The number of fused-ring (bicyclic) bond motifs is 1. The van der Waals surface area contributed by atoms with Crippen LogP contribution in [0.15, 0.2) is 71.6 Å². The Kier molecular flexibility index (Phi) is 5.01. The van der Waals surface area contributed by atoms with Gasteiger partial charge in [0.15, 0.2) is 5.69 Å². The highest BCUT2D eigenvalue weighted by Gasteiger charge is 2.38. The maximum Gasteiger partial charge on any atom is 0.264 e. The van der Waals surface area contributed by atoms with Crippen molar-refractivity contribution in [2.75, 3.05) is 4.72 Å². The lowest BCUT2D eigenvalue weighted by Crippen LogP contribution is -2.29. The summed E-state index contributed by atoms with van der Waals surface area (Å²) in [5.41, 5.74) is 0.945. The third-order valence-corrected chi connectivity index (χ3v) is 6.13. The molecule has 4 rings (SSSR count). The van der Waals surface area contributed by atoms with Gasteiger partial charge < -0.3 is 0 Å². The summed E-state index contributed by atoms with van der Waals surface area (Å²) < 4.78 is 40.8. The molecule has 0 saturated heterocycles. The first-order valence-electron chi connectivity index (χ1n) is 9.04. The summed E-state index contributed by atoms with van der Waals surface area (Å²) in [5.74, 6) is -1.79. The standard InChI is InChI=1S/C22H14FN3O4S/c1-24-16-5-2-4-14(12-16)13-26-21(27)18-6-3-7-19(20(18)22(26)28)25-31(29,30)17-10-8-15(23)9-11-17/h2-12,25H,13H2. The summed E-state index contributed by atoms with van der Waals surface area (Å²) in [6, 6.07) is 15.1. The molecule has 1 heterocycles. The number of hydrogen-bond donors (Lipinski definition) is 1. The fourth-order valence-electron chi connectivity index (χ4n) is 3.29. The molecule has 0 saturated carbocycles. The van der Waals surface area contributed by atoms with E-state index in [1.54, 1.807) is 24.3 Å². The Bertz CT molecular complexity index is 1360. The second-order valence-corrected chi connectivity index (χ2v) is 8.45. The van der Waals surface area contributed by atoms with E-state index in [1.807, 2.05) is 0 Å². The number of nitrogens with zero attached hydrogens (tertiary/aromatic N) is 2.